The summed E-state index contributed by atoms with van der Waals surface area (Å²) >= 11 is 1.83. The van der Waals surface area contributed by atoms with Crippen LogP contribution in [-0.4, -0.2) is 24.1 Å². The third-order valence-corrected chi connectivity index (χ3v) is 15.8. The smallest absolute Gasteiger partial charge is 0.164 e. The van der Waals surface area contributed by atoms with E-state index >= 15 is 0 Å². The van der Waals surface area contributed by atoms with Gasteiger partial charge < -0.3 is 14.0 Å². The number of nitrogens with zero attached hydrogens (tertiary/aromatic N) is 6. The monoisotopic (exact) mass is 1000 g/mol. The van der Waals surface area contributed by atoms with E-state index in [0.717, 1.165) is 56.3 Å². The maximum absolute atomic E-state index is 5.05. The van der Waals surface area contributed by atoms with Crippen molar-refractivity contribution in [1.29, 1.82) is 0 Å². The Bertz CT molecular complexity index is 4290. The number of aromatic nitrogens is 5. The molecular weight excluding hydrogens is 957 g/mol. The molecule has 1 aliphatic rings. The minimum Gasteiger partial charge on any atom is -0.309 e. The van der Waals surface area contributed by atoms with Crippen LogP contribution in [0, 0.1) is 0 Å². The molecule has 77 heavy (non-hydrogen) atoms. The van der Waals surface area contributed by atoms with Gasteiger partial charge in [0, 0.05) is 59.5 Å². The highest BCUT2D eigenvalue weighted by Crippen LogP contribution is 2.53. The summed E-state index contributed by atoms with van der Waals surface area (Å²) in [6.07, 6.45) is 7.62. The van der Waals surface area contributed by atoms with Crippen molar-refractivity contribution < 1.29 is 0 Å². The molecule has 0 saturated heterocycles. The SMILES string of the molecule is C=C/C=C\C=C(/C)c1nc(-c2ccccc2)nc(-c2ccc(N3c4ccc(-c5ccc6c(c5)c5ccccc5n6-c5ccccc5)cc4Sc4cc(-c5ccc6c(c5)c5ccccc5n6-c5ccccc5)ccc43)cc2)n1. The normalized spacial score (nSPS) is 12.5. The fourth-order valence-corrected chi connectivity index (χ4v) is 12.1. The first-order chi connectivity index (χ1) is 38.0. The Balaban J connectivity index is 0.891. The zero-order valence-electron chi connectivity index (χ0n) is 42.1. The van der Waals surface area contributed by atoms with Crippen LogP contribution in [0.5, 0.6) is 0 Å². The van der Waals surface area contributed by atoms with Crippen molar-refractivity contribution in [2.45, 2.75) is 16.7 Å². The van der Waals surface area contributed by atoms with Gasteiger partial charge in [-0.25, -0.2) is 15.0 Å². The summed E-state index contributed by atoms with van der Waals surface area (Å²) in [5.41, 5.74) is 17.7. The number of hydrogen-bond donors (Lipinski definition) is 0. The zero-order chi connectivity index (χ0) is 51.4. The number of rotatable bonds is 10. The lowest BCUT2D eigenvalue weighted by molar-refractivity contribution is 1.03. The summed E-state index contributed by atoms with van der Waals surface area (Å²) in [5, 5.41) is 4.92. The fraction of sp³-hybridized carbons (Fsp3) is 0.0143. The van der Waals surface area contributed by atoms with E-state index in [9.17, 15) is 0 Å². The lowest BCUT2D eigenvalue weighted by Crippen LogP contribution is -2.15. The fourth-order valence-electron chi connectivity index (χ4n) is 11.0. The largest absolute Gasteiger partial charge is 0.309 e. The number of para-hydroxylation sites is 4. The van der Waals surface area contributed by atoms with Crippen LogP contribution in [0.25, 0.3) is 106 Å². The van der Waals surface area contributed by atoms with Gasteiger partial charge in [0.05, 0.1) is 33.4 Å². The molecule has 1 aliphatic heterocycles. The molecule has 0 radical (unpaired) electrons. The van der Waals surface area contributed by atoms with Crippen LogP contribution in [0.4, 0.5) is 17.1 Å². The van der Waals surface area contributed by atoms with E-state index in [-0.39, 0.29) is 0 Å². The van der Waals surface area contributed by atoms with Crippen LogP contribution >= 0.6 is 11.8 Å². The molecule has 0 aliphatic carbocycles. The van der Waals surface area contributed by atoms with Gasteiger partial charge in [0.2, 0.25) is 0 Å². The molecule has 7 heteroatoms. The van der Waals surface area contributed by atoms with Crippen molar-refractivity contribution in [3.05, 3.63) is 273 Å². The number of fused-ring (bicyclic) bond motifs is 8. The summed E-state index contributed by atoms with van der Waals surface area (Å²) in [7, 11) is 0. The molecule has 0 atom stereocenters. The van der Waals surface area contributed by atoms with Gasteiger partial charge in [-0.2, -0.15) is 0 Å². The Labute approximate surface area is 450 Å². The van der Waals surface area contributed by atoms with Gasteiger partial charge in [-0.15, -0.1) is 0 Å². The van der Waals surface area contributed by atoms with Crippen LogP contribution in [0.3, 0.4) is 0 Å². The van der Waals surface area contributed by atoms with E-state index in [1.54, 1.807) is 6.08 Å². The molecule has 4 heterocycles. The summed E-state index contributed by atoms with van der Waals surface area (Å²) in [6, 6.07) is 85.2. The minimum atomic E-state index is 0.609. The van der Waals surface area contributed by atoms with Crippen molar-refractivity contribution in [2.75, 3.05) is 4.90 Å². The van der Waals surface area contributed by atoms with Gasteiger partial charge in [0.15, 0.2) is 17.5 Å². The number of allylic oxidation sites excluding steroid dienone is 5. The molecule has 364 valence electrons. The molecule has 6 nitrogen and oxygen atoms in total. The van der Waals surface area contributed by atoms with Gasteiger partial charge >= 0.3 is 0 Å². The highest BCUT2D eigenvalue weighted by Gasteiger charge is 2.27. The molecule has 0 fully saturated rings. The zero-order valence-corrected chi connectivity index (χ0v) is 42.9. The third-order valence-electron chi connectivity index (χ3n) is 14.7. The molecule has 0 saturated carbocycles. The predicted molar refractivity (Wildman–Crippen MR) is 322 cm³/mol. The van der Waals surface area contributed by atoms with E-state index in [0.29, 0.717) is 17.5 Å². The number of hydrogen-bond acceptors (Lipinski definition) is 5. The molecule has 0 unspecified atom stereocenters. The Kier molecular flexibility index (Phi) is 11.4. The molecular formula is C70H48N6S. The first-order valence-corrected chi connectivity index (χ1v) is 26.7. The van der Waals surface area contributed by atoms with E-state index in [4.69, 9.17) is 15.0 Å². The first-order valence-electron chi connectivity index (χ1n) is 25.9. The predicted octanol–water partition coefficient (Wildman–Crippen LogP) is 18.8. The Morgan fingerprint density at radius 1 is 0.390 bits per heavy atom. The van der Waals surface area contributed by atoms with Crippen molar-refractivity contribution in [3.63, 3.8) is 0 Å². The third kappa shape index (κ3) is 8.12. The topological polar surface area (TPSA) is 51.8 Å². The molecule has 10 aromatic carbocycles. The van der Waals surface area contributed by atoms with Gasteiger partial charge in [-0.1, -0.05) is 170 Å². The lowest BCUT2D eigenvalue weighted by Gasteiger charge is -2.33. The number of benzene rings is 10. The molecule has 0 spiro atoms. The molecule has 14 rings (SSSR count). The van der Waals surface area contributed by atoms with E-state index in [2.05, 4.69) is 227 Å². The first kappa shape index (κ1) is 45.8. The van der Waals surface area contributed by atoms with Gasteiger partial charge in [-0.3, -0.25) is 0 Å². The van der Waals surface area contributed by atoms with Crippen LogP contribution < -0.4 is 4.90 Å². The van der Waals surface area contributed by atoms with Crippen LogP contribution in [-0.2, 0) is 0 Å². The van der Waals surface area contributed by atoms with Crippen molar-refractivity contribution >= 4 is 78.0 Å². The van der Waals surface area contributed by atoms with Gasteiger partial charge in [0.1, 0.15) is 0 Å². The summed E-state index contributed by atoms with van der Waals surface area (Å²) in [4.78, 5) is 19.8. The second kappa shape index (κ2) is 19.1. The quantitative estimate of drug-likeness (QED) is 0.128. The van der Waals surface area contributed by atoms with Crippen LogP contribution in [0.2, 0.25) is 0 Å². The highest BCUT2D eigenvalue weighted by atomic mass is 32.2. The van der Waals surface area contributed by atoms with Gasteiger partial charge in [-0.05, 0) is 144 Å². The van der Waals surface area contributed by atoms with Crippen molar-refractivity contribution in [1.82, 2.24) is 24.1 Å². The van der Waals surface area contributed by atoms with Crippen LogP contribution in [0.1, 0.15) is 12.7 Å². The van der Waals surface area contributed by atoms with E-state index < -0.39 is 0 Å². The maximum Gasteiger partial charge on any atom is 0.164 e. The Hall–Kier alpha value is -9.82. The van der Waals surface area contributed by atoms with E-state index in [1.807, 2.05) is 67.2 Å². The average molecular weight is 1010 g/mol. The Morgan fingerprint density at radius 2 is 0.818 bits per heavy atom. The minimum absolute atomic E-state index is 0.609. The van der Waals surface area contributed by atoms with Crippen molar-refractivity contribution in [3.8, 4) is 56.4 Å². The summed E-state index contributed by atoms with van der Waals surface area (Å²) < 4.78 is 4.74. The van der Waals surface area contributed by atoms with Gasteiger partial charge in [0.25, 0.3) is 0 Å². The summed E-state index contributed by atoms with van der Waals surface area (Å²) in [6.45, 7) is 5.85. The average Bonchev–Trinajstić information content (AvgIpc) is 4.12. The van der Waals surface area contributed by atoms with E-state index in [1.165, 1.54) is 64.5 Å². The summed E-state index contributed by atoms with van der Waals surface area (Å²) in [5.74, 6) is 1.86. The second-order valence-electron chi connectivity index (χ2n) is 19.3. The standard InChI is InChI=1S/C70H48N6S/c1-3-4-8-19-46(2)68-71-69(47-20-9-5-10-21-47)73-70(72-68)48-30-36-55(37-31-48)76-64-40-34-51(49-32-38-62-58(42-49)56-26-15-17-28-60(56)74(62)53-22-11-6-12-23-53)44-66(64)77-67-45-52(35-41-65(67)76)50-33-39-63-59(43-50)57-27-16-18-29-61(57)75(63)54-24-13-7-14-25-54/h3-45H,1H2,2H3/b8-4-,46-19+. The second-order valence-corrected chi connectivity index (χ2v) is 20.4. The molecule has 13 aromatic rings. The highest BCUT2D eigenvalue weighted by molar-refractivity contribution is 7.99. The lowest BCUT2D eigenvalue weighted by atomic mass is 10.0. The van der Waals surface area contributed by atoms with Crippen LogP contribution in [0.15, 0.2) is 277 Å². The molecule has 0 bridgehead atoms. The maximum atomic E-state index is 5.05. The van der Waals surface area contributed by atoms with Crippen molar-refractivity contribution in [2.24, 2.45) is 0 Å². The molecule has 0 amide bonds. The molecule has 3 aromatic heterocycles. The number of anilines is 3. The molecule has 0 N–H and O–H groups in total. The Morgan fingerprint density at radius 3 is 1.34 bits per heavy atom.